The first-order valence-corrected chi connectivity index (χ1v) is 5.01. The summed E-state index contributed by atoms with van der Waals surface area (Å²) in [6.45, 7) is 4.64. The number of aliphatic hydroxyl groups is 1. The molecule has 13 heavy (non-hydrogen) atoms. The van der Waals surface area contributed by atoms with Crippen LogP contribution in [0.3, 0.4) is 0 Å². The van der Waals surface area contributed by atoms with Crippen molar-refractivity contribution in [2.24, 2.45) is 5.92 Å². The molecule has 0 aliphatic rings. The molecule has 0 saturated heterocycles. The van der Waals surface area contributed by atoms with Crippen LogP contribution in [0, 0.1) is 5.92 Å². The fourth-order valence-corrected chi connectivity index (χ4v) is 1.11. The van der Waals surface area contributed by atoms with Gasteiger partial charge in [-0.2, -0.15) is 0 Å². The molecule has 0 rings (SSSR count). The van der Waals surface area contributed by atoms with Gasteiger partial charge in [-0.05, 0) is 25.2 Å². The van der Waals surface area contributed by atoms with Crippen LogP contribution in [0.5, 0.6) is 0 Å². The van der Waals surface area contributed by atoms with E-state index in [1.54, 1.807) is 7.11 Å². The zero-order valence-corrected chi connectivity index (χ0v) is 8.99. The zero-order valence-electron chi connectivity index (χ0n) is 8.99. The molecule has 0 saturated carbocycles. The highest BCUT2D eigenvalue weighted by molar-refractivity contribution is 4.89. The molecule has 0 aromatic rings. The van der Waals surface area contributed by atoms with Crippen LogP contribution in [0.15, 0.2) is 12.2 Å². The Morgan fingerprint density at radius 1 is 1.31 bits per heavy atom. The van der Waals surface area contributed by atoms with Crippen molar-refractivity contribution in [2.45, 2.75) is 39.2 Å². The number of ether oxygens (including phenoxy) is 1. The lowest BCUT2D eigenvalue weighted by molar-refractivity contribution is 0.128. The van der Waals surface area contributed by atoms with E-state index >= 15 is 0 Å². The second kappa shape index (κ2) is 8.27. The fourth-order valence-electron chi connectivity index (χ4n) is 1.11. The fraction of sp³-hybridized carbons (Fsp3) is 0.818. The Morgan fingerprint density at radius 2 is 2.00 bits per heavy atom. The van der Waals surface area contributed by atoms with Crippen molar-refractivity contribution < 1.29 is 9.84 Å². The van der Waals surface area contributed by atoms with Gasteiger partial charge in [0.2, 0.25) is 0 Å². The molecule has 0 radical (unpaired) electrons. The summed E-state index contributed by atoms with van der Waals surface area (Å²) in [5, 5.41) is 8.58. The van der Waals surface area contributed by atoms with Crippen molar-refractivity contribution in [3.05, 3.63) is 12.2 Å². The Bertz CT molecular complexity index is 130. The summed E-state index contributed by atoms with van der Waals surface area (Å²) in [6.07, 6.45) is 7.21. The number of aliphatic hydroxyl groups excluding tert-OH is 1. The van der Waals surface area contributed by atoms with Gasteiger partial charge >= 0.3 is 0 Å². The minimum atomic E-state index is 0.217. The SMILES string of the molecule is COC(C=CCCO)CCC(C)C. The van der Waals surface area contributed by atoms with Crippen LogP contribution < -0.4 is 0 Å². The molecule has 1 N–H and O–H groups in total. The van der Waals surface area contributed by atoms with Gasteiger partial charge in [0.15, 0.2) is 0 Å². The molecule has 0 aliphatic carbocycles. The largest absolute Gasteiger partial charge is 0.396 e. The number of hydrogen-bond donors (Lipinski definition) is 1. The highest BCUT2D eigenvalue weighted by Crippen LogP contribution is 2.10. The summed E-state index contributed by atoms with van der Waals surface area (Å²) < 4.78 is 5.28. The Balaban J connectivity index is 3.62. The lowest BCUT2D eigenvalue weighted by Crippen LogP contribution is -2.08. The van der Waals surface area contributed by atoms with Gasteiger partial charge in [0.25, 0.3) is 0 Å². The monoisotopic (exact) mass is 186 g/mol. The first-order valence-electron chi connectivity index (χ1n) is 5.01. The highest BCUT2D eigenvalue weighted by Gasteiger charge is 2.03. The number of hydrogen-bond acceptors (Lipinski definition) is 2. The normalized spacial score (nSPS) is 14.2. The third kappa shape index (κ3) is 8.00. The molecule has 2 heteroatoms. The molecule has 0 aliphatic heterocycles. The average molecular weight is 186 g/mol. The summed E-state index contributed by atoms with van der Waals surface area (Å²) in [6, 6.07) is 0. The van der Waals surface area contributed by atoms with Crippen LogP contribution >= 0.6 is 0 Å². The van der Waals surface area contributed by atoms with E-state index in [0.29, 0.717) is 0 Å². The highest BCUT2D eigenvalue weighted by atomic mass is 16.5. The minimum Gasteiger partial charge on any atom is -0.396 e. The summed E-state index contributed by atoms with van der Waals surface area (Å²) in [5.41, 5.74) is 0. The van der Waals surface area contributed by atoms with Crippen LogP contribution in [0.1, 0.15) is 33.1 Å². The van der Waals surface area contributed by atoms with E-state index in [0.717, 1.165) is 18.8 Å². The molecule has 0 aromatic carbocycles. The summed E-state index contributed by atoms with van der Waals surface area (Å²) >= 11 is 0. The molecule has 0 fully saturated rings. The topological polar surface area (TPSA) is 29.5 Å². The lowest BCUT2D eigenvalue weighted by Gasteiger charge is -2.12. The molecule has 78 valence electrons. The minimum absolute atomic E-state index is 0.217. The maximum absolute atomic E-state index is 8.58. The molecule has 2 nitrogen and oxygen atoms in total. The van der Waals surface area contributed by atoms with E-state index in [1.165, 1.54) is 6.42 Å². The maximum Gasteiger partial charge on any atom is 0.0752 e. The quantitative estimate of drug-likeness (QED) is 0.618. The second-order valence-corrected chi connectivity index (χ2v) is 3.69. The van der Waals surface area contributed by atoms with E-state index in [9.17, 15) is 0 Å². The van der Waals surface area contributed by atoms with Crippen molar-refractivity contribution in [1.29, 1.82) is 0 Å². The Kier molecular flexibility index (Phi) is 8.05. The molecule has 1 atom stereocenters. The van der Waals surface area contributed by atoms with Gasteiger partial charge in [0, 0.05) is 13.7 Å². The molecular formula is C11H22O2. The van der Waals surface area contributed by atoms with Gasteiger partial charge in [-0.25, -0.2) is 0 Å². The third-order valence-corrected chi connectivity index (χ3v) is 1.98. The summed E-state index contributed by atoms with van der Waals surface area (Å²) in [5.74, 6) is 0.726. The van der Waals surface area contributed by atoms with Gasteiger partial charge in [-0.3, -0.25) is 0 Å². The van der Waals surface area contributed by atoms with Crippen molar-refractivity contribution in [1.82, 2.24) is 0 Å². The zero-order chi connectivity index (χ0) is 10.1. The van der Waals surface area contributed by atoms with Crippen LogP contribution in [0.2, 0.25) is 0 Å². The van der Waals surface area contributed by atoms with Crippen LogP contribution in [-0.4, -0.2) is 24.9 Å². The Morgan fingerprint density at radius 3 is 2.46 bits per heavy atom. The Labute approximate surface area is 81.6 Å². The first-order chi connectivity index (χ1) is 6.20. The van der Waals surface area contributed by atoms with Crippen LogP contribution in [0.4, 0.5) is 0 Å². The molecular weight excluding hydrogens is 164 g/mol. The average Bonchev–Trinajstić information content (AvgIpc) is 2.10. The maximum atomic E-state index is 8.58. The van der Waals surface area contributed by atoms with Crippen molar-refractivity contribution >= 4 is 0 Å². The van der Waals surface area contributed by atoms with E-state index in [4.69, 9.17) is 9.84 Å². The van der Waals surface area contributed by atoms with Crippen molar-refractivity contribution in [2.75, 3.05) is 13.7 Å². The van der Waals surface area contributed by atoms with Gasteiger partial charge in [0.05, 0.1) is 6.10 Å². The molecule has 0 amide bonds. The molecule has 0 bridgehead atoms. The van der Waals surface area contributed by atoms with E-state index in [-0.39, 0.29) is 12.7 Å². The van der Waals surface area contributed by atoms with Crippen molar-refractivity contribution in [3.63, 3.8) is 0 Å². The van der Waals surface area contributed by atoms with Crippen LogP contribution in [0.25, 0.3) is 0 Å². The van der Waals surface area contributed by atoms with E-state index in [1.807, 2.05) is 12.2 Å². The molecule has 0 spiro atoms. The number of methoxy groups -OCH3 is 1. The number of rotatable bonds is 7. The molecule has 0 aromatic heterocycles. The van der Waals surface area contributed by atoms with Crippen molar-refractivity contribution in [3.8, 4) is 0 Å². The smallest absolute Gasteiger partial charge is 0.0752 e. The van der Waals surface area contributed by atoms with Gasteiger partial charge in [-0.1, -0.05) is 26.0 Å². The summed E-state index contributed by atoms with van der Waals surface area (Å²) in [4.78, 5) is 0. The van der Waals surface area contributed by atoms with E-state index in [2.05, 4.69) is 13.8 Å². The third-order valence-electron chi connectivity index (χ3n) is 1.98. The van der Waals surface area contributed by atoms with Crippen LogP contribution in [-0.2, 0) is 4.74 Å². The predicted octanol–water partition coefficient (Wildman–Crippen LogP) is 2.38. The molecule has 1 unspecified atom stereocenters. The van der Waals surface area contributed by atoms with Gasteiger partial charge in [-0.15, -0.1) is 0 Å². The lowest BCUT2D eigenvalue weighted by atomic mass is 10.0. The predicted molar refractivity (Wildman–Crippen MR) is 55.7 cm³/mol. The summed E-state index contributed by atoms with van der Waals surface area (Å²) in [7, 11) is 1.73. The van der Waals surface area contributed by atoms with Gasteiger partial charge < -0.3 is 9.84 Å². The first kappa shape index (κ1) is 12.7. The Hall–Kier alpha value is -0.340. The standard InChI is InChI=1S/C11H22O2/c1-10(2)7-8-11(13-3)6-4-5-9-12/h4,6,10-12H,5,7-9H2,1-3H3. The van der Waals surface area contributed by atoms with E-state index < -0.39 is 0 Å². The molecule has 0 heterocycles. The van der Waals surface area contributed by atoms with Gasteiger partial charge in [0.1, 0.15) is 0 Å². The second-order valence-electron chi connectivity index (χ2n) is 3.69.